The van der Waals surface area contributed by atoms with Crippen LogP contribution in [0.2, 0.25) is 0 Å². The average molecular weight is 438 g/mol. The number of nitrogens with one attached hydrogen (secondary N) is 1. The lowest BCUT2D eigenvalue weighted by atomic mass is 10.0. The first-order valence-corrected chi connectivity index (χ1v) is 11.1. The van der Waals surface area contributed by atoms with Crippen molar-refractivity contribution in [2.45, 2.75) is 38.9 Å². The highest BCUT2D eigenvalue weighted by Gasteiger charge is 2.23. The Morgan fingerprint density at radius 2 is 1.91 bits per heavy atom. The molecule has 0 bridgehead atoms. The molecule has 1 aliphatic rings. The van der Waals surface area contributed by atoms with E-state index in [1.165, 1.54) is 10.9 Å². The minimum atomic E-state index is -0.197. The molecule has 1 atom stereocenters. The Kier molecular flexibility index (Phi) is 7.02. The van der Waals surface area contributed by atoms with Gasteiger partial charge in [-0.3, -0.25) is 9.69 Å². The Bertz CT molecular complexity index is 1080. The number of methoxy groups -OCH3 is 2. The van der Waals surface area contributed by atoms with Gasteiger partial charge >= 0.3 is 0 Å². The van der Waals surface area contributed by atoms with Gasteiger partial charge in [-0.25, -0.2) is 0 Å². The standard InChI is InChI=1S/C24H31N5O3/c1-17(25-23(30)11-15-31-2)24-27-26-22-10-12-28(13-14-29(22)24)16-18-8-9-21(32-3)20-7-5-4-6-19(18)20/h4-9,17H,10-16H2,1-3H3,(H,25,30). The van der Waals surface area contributed by atoms with Crippen LogP contribution < -0.4 is 10.1 Å². The largest absolute Gasteiger partial charge is 0.496 e. The summed E-state index contributed by atoms with van der Waals surface area (Å²) in [5.74, 6) is 2.64. The third-order valence-electron chi connectivity index (χ3n) is 6.03. The lowest BCUT2D eigenvalue weighted by molar-refractivity contribution is -0.122. The molecule has 0 saturated heterocycles. The smallest absolute Gasteiger partial charge is 0.222 e. The van der Waals surface area contributed by atoms with Crippen molar-refractivity contribution in [2.24, 2.45) is 0 Å². The maximum absolute atomic E-state index is 12.1. The summed E-state index contributed by atoms with van der Waals surface area (Å²) in [5.41, 5.74) is 1.29. The maximum atomic E-state index is 12.1. The quantitative estimate of drug-likeness (QED) is 0.584. The molecule has 32 heavy (non-hydrogen) atoms. The van der Waals surface area contributed by atoms with Gasteiger partial charge in [-0.2, -0.15) is 0 Å². The number of benzene rings is 2. The maximum Gasteiger partial charge on any atom is 0.222 e. The van der Waals surface area contributed by atoms with Crippen molar-refractivity contribution in [1.29, 1.82) is 0 Å². The molecule has 2 heterocycles. The molecule has 8 nitrogen and oxygen atoms in total. The number of aromatic nitrogens is 3. The highest BCUT2D eigenvalue weighted by atomic mass is 16.5. The van der Waals surface area contributed by atoms with Crippen LogP contribution in [-0.4, -0.2) is 59.5 Å². The van der Waals surface area contributed by atoms with Crippen LogP contribution in [-0.2, 0) is 29.0 Å². The number of nitrogens with zero attached hydrogens (tertiary/aromatic N) is 4. The van der Waals surface area contributed by atoms with Crippen LogP contribution in [0, 0.1) is 0 Å². The van der Waals surface area contributed by atoms with Crippen molar-refractivity contribution in [3.63, 3.8) is 0 Å². The molecule has 0 radical (unpaired) electrons. The number of fused-ring (bicyclic) bond motifs is 2. The molecule has 1 unspecified atom stereocenters. The fourth-order valence-corrected chi connectivity index (χ4v) is 4.33. The molecule has 2 aromatic carbocycles. The molecule has 1 aromatic heterocycles. The Morgan fingerprint density at radius 3 is 2.69 bits per heavy atom. The second-order valence-corrected chi connectivity index (χ2v) is 8.16. The molecular weight excluding hydrogens is 406 g/mol. The molecule has 0 spiro atoms. The zero-order valence-corrected chi connectivity index (χ0v) is 19.0. The molecular formula is C24H31N5O3. The molecule has 1 amide bonds. The van der Waals surface area contributed by atoms with Gasteiger partial charge in [0.05, 0.1) is 19.8 Å². The van der Waals surface area contributed by atoms with E-state index in [2.05, 4.69) is 55.3 Å². The van der Waals surface area contributed by atoms with E-state index in [0.717, 1.165) is 55.4 Å². The van der Waals surface area contributed by atoms with Gasteiger partial charge in [0.1, 0.15) is 11.6 Å². The Hall–Kier alpha value is -2.97. The lowest BCUT2D eigenvalue weighted by Crippen LogP contribution is -2.30. The Balaban J connectivity index is 1.45. The van der Waals surface area contributed by atoms with Gasteiger partial charge in [0.25, 0.3) is 0 Å². The summed E-state index contributed by atoms with van der Waals surface area (Å²) in [6.45, 7) is 5.82. The van der Waals surface area contributed by atoms with Crippen LogP contribution >= 0.6 is 0 Å². The normalized spacial score (nSPS) is 15.2. The zero-order valence-electron chi connectivity index (χ0n) is 19.0. The summed E-state index contributed by atoms with van der Waals surface area (Å²) >= 11 is 0. The highest BCUT2D eigenvalue weighted by molar-refractivity contribution is 5.91. The second-order valence-electron chi connectivity index (χ2n) is 8.16. The Labute approximate surface area is 188 Å². The predicted octanol–water partition coefficient (Wildman–Crippen LogP) is 2.71. The van der Waals surface area contributed by atoms with E-state index in [9.17, 15) is 4.79 Å². The topological polar surface area (TPSA) is 81.5 Å². The van der Waals surface area contributed by atoms with Gasteiger partial charge in [0, 0.05) is 51.5 Å². The minimum Gasteiger partial charge on any atom is -0.496 e. The Morgan fingerprint density at radius 1 is 1.09 bits per heavy atom. The third-order valence-corrected chi connectivity index (χ3v) is 6.03. The van der Waals surface area contributed by atoms with E-state index in [4.69, 9.17) is 9.47 Å². The average Bonchev–Trinajstić information content (AvgIpc) is 3.12. The number of rotatable bonds is 8. The van der Waals surface area contributed by atoms with E-state index in [1.807, 2.05) is 13.0 Å². The van der Waals surface area contributed by atoms with Gasteiger partial charge in [0.15, 0.2) is 5.82 Å². The highest BCUT2D eigenvalue weighted by Crippen LogP contribution is 2.29. The van der Waals surface area contributed by atoms with Crippen LogP contribution in [0.1, 0.15) is 36.6 Å². The van der Waals surface area contributed by atoms with E-state index < -0.39 is 0 Å². The molecule has 1 N–H and O–H groups in total. The molecule has 0 fully saturated rings. The monoisotopic (exact) mass is 437 g/mol. The van der Waals surface area contributed by atoms with Crippen LogP contribution in [0.5, 0.6) is 5.75 Å². The summed E-state index contributed by atoms with van der Waals surface area (Å²) in [6.07, 6.45) is 1.16. The van der Waals surface area contributed by atoms with Gasteiger partial charge in [0.2, 0.25) is 5.91 Å². The van der Waals surface area contributed by atoms with Crippen molar-refractivity contribution in [2.75, 3.05) is 33.9 Å². The van der Waals surface area contributed by atoms with Crippen molar-refractivity contribution < 1.29 is 14.3 Å². The summed E-state index contributed by atoms with van der Waals surface area (Å²) in [7, 11) is 3.31. The molecule has 8 heteroatoms. The SMILES string of the molecule is COCCC(=O)NC(C)c1nnc2n1CCN(Cc1ccc(OC)c3ccccc13)CC2. The van der Waals surface area contributed by atoms with Gasteiger partial charge in [-0.15, -0.1) is 10.2 Å². The van der Waals surface area contributed by atoms with Gasteiger partial charge in [-0.1, -0.05) is 30.3 Å². The first-order valence-electron chi connectivity index (χ1n) is 11.1. The van der Waals surface area contributed by atoms with E-state index >= 15 is 0 Å². The first kappa shape index (κ1) is 22.2. The summed E-state index contributed by atoms with van der Waals surface area (Å²) in [6, 6.07) is 12.4. The van der Waals surface area contributed by atoms with Crippen LogP contribution in [0.15, 0.2) is 36.4 Å². The minimum absolute atomic E-state index is 0.0432. The predicted molar refractivity (Wildman–Crippen MR) is 123 cm³/mol. The van der Waals surface area contributed by atoms with Crippen molar-refractivity contribution in [3.05, 3.63) is 53.6 Å². The molecule has 4 rings (SSSR count). The summed E-state index contributed by atoms with van der Waals surface area (Å²) < 4.78 is 12.7. The number of hydrogen-bond acceptors (Lipinski definition) is 6. The number of ether oxygens (including phenoxy) is 2. The molecule has 0 saturated carbocycles. The number of carbonyl (C=O) groups is 1. The first-order chi connectivity index (χ1) is 15.6. The third kappa shape index (κ3) is 4.76. The second kappa shape index (κ2) is 10.1. The number of carbonyl (C=O) groups excluding carboxylic acids is 1. The van der Waals surface area contributed by atoms with Gasteiger partial charge < -0.3 is 19.4 Å². The van der Waals surface area contributed by atoms with Crippen molar-refractivity contribution in [3.8, 4) is 5.75 Å². The number of amides is 1. The zero-order chi connectivity index (χ0) is 22.5. The van der Waals surface area contributed by atoms with Crippen LogP contribution in [0.3, 0.4) is 0 Å². The van der Waals surface area contributed by atoms with E-state index in [-0.39, 0.29) is 11.9 Å². The summed E-state index contributed by atoms with van der Waals surface area (Å²) in [4.78, 5) is 14.5. The fourth-order valence-electron chi connectivity index (χ4n) is 4.33. The summed E-state index contributed by atoms with van der Waals surface area (Å²) in [5, 5.41) is 14.2. The van der Waals surface area contributed by atoms with Crippen LogP contribution in [0.4, 0.5) is 0 Å². The van der Waals surface area contributed by atoms with E-state index in [1.54, 1.807) is 14.2 Å². The molecule has 3 aromatic rings. The molecule has 0 aliphatic carbocycles. The van der Waals surface area contributed by atoms with Crippen molar-refractivity contribution >= 4 is 16.7 Å². The van der Waals surface area contributed by atoms with Gasteiger partial charge in [-0.05, 0) is 23.9 Å². The number of hydrogen-bond donors (Lipinski definition) is 1. The lowest BCUT2D eigenvalue weighted by Gasteiger charge is -2.21. The van der Waals surface area contributed by atoms with Crippen LogP contribution in [0.25, 0.3) is 10.8 Å². The van der Waals surface area contributed by atoms with E-state index in [0.29, 0.717) is 13.0 Å². The van der Waals surface area contributed by atoms with Crippen molar-refractivity contribution in [1.82, 2.24) is 25.0 Å². The fraction of sp³-hybridized carbons (Fsp3) is 0.458. The molecule has 170 valence electrons. The molecule has 1 aliphatic heterocycles.